The molecule has 0 radical (unpaired) electrons. The molecule has 12 nitrogen and oxygen atoms in total. The summed E-state index contributed by atoms with van der Waals surface area (Å²) >= 11 is 0. The molecule has 4 heterocycles. The second-order valence-electron chi connectivity index (χ2n) is 9.68. The van der Waals surface area contributed by atoms with Crippen molar-refractivity contribution in [3.05, 3.63) is 12.4 Å². The van der Waals surface area contributed by atoms with E-state index in [1.807, 2.05) is 0 Å². The zero-order valence-corrected chi connectivity index (χ0v) is 18.4. The van der Waals surface area contributed by atoms with Crippen molar-refractivity contribution >= 4 is 23.7 Å². The van der Waals surface area contributed by atoms with E-state index in [1.54, 1.807) is 0 Å². The zero-order valence-electron chi connectivity index (χ0n) is 18.4. The molecule has 0 aromatic heterocycles. The van der Waals surface area contributed by atoms with Crippen molar-refractivity contribution in [2.24, 2.45) is 16.6 Å². The number of carbonyl (C=O) groups is 3. The van der Waals surface area contributed by atoms with Crippen LogP contribution in [0.1, 0.15) is 44.9 Å². The van der Waals surface area contributed by atoms with Gasteiger partial charge in [0.1, 0.15) is 6.04 Å². The van der Waals surface area contributed by atoms with Gasteiger partial charge in [-0.25, -0.2) is 4.99 Å². The maximum absolute atomic E-state index is 12.9. The minimum Gasteiger partial charge on any atom is -0.370 e. The topological polar surface area (TPSA) is 173 Å². The highest BCUT2D eigenvalue weighted by atomic mass is 16.5. The van der Waals surface area contributed by atoms with Gasteiger partial charge in [0.15, 0.2) is 11.6 Å². The molecule has 1 saturated carbocycles. The Morgan fingerprint density at radius 1 is 1.21 bits per heavy atom. The first kappa shape index (κ1) is 22.0. The number of hydrogen-bond donors (Lipinski definition) is 6. The van der Waals surface area contributed by atoms with Crippen LogP contribution in [-0.2, 0) is 14.4 Å². The van der Waals surface area contributed by atoms with Gasteiger partial charge in [-0.3, -0.25) is 19.3 Å². The number of aliphatic imine (C=N–C) groups is 1. The number of guanidine groups is 1. The summed E-state index contributed by atoms with van der Waals surface area (Å²) in [5, 5.41) is 31.9. The third kappa shape index (κ3) is 3.18. The van der Waals surface area contributed by atoms with Crippen LogP contribution < -0.4 is 21.7 Å². The van der Waals surface area contributed by atoms with E-state index in [1.165, 1.54) is 4.90 Å². The summed E-state index contributed by atoms with van der Waals surface area (Å²) in [6.45, 7) is 3.86. The van der Waals surface area contributed by atoms with Crippen LogP contribution in [0.5, 0.6) is 0 Å². The van der Waals surface area contributed by atoms with Gasteiger partial charge in [-0.1, -0.05) is 25.8 Å². The lowest BCUT2D eigenvalue weighted by atomic mass is 9.84. The van der Waals surface area contributed by atoms with E-state index in [-0.39, 0.29) is 55.5 Å². The second kappa shape index (κ2) is 7.59. The number of nitrogens with one attached hydrogen (secondary N) is 3. The molecular weight excluding hydrogens is 430 g/mol. The highest BCUT2D eigenvalue weighted by Crippen LogP contribution is 2.45. The van der Waals surface area contributed by atoms with Gasteiger partial charge in [0.2, 0.25) is 23.5 Å². The summed E-state index contributed by atoms with van der Waals surface area (Å²) in [4.78, 5) is 44.4. The third-order valence-electron chi connectivity index (χ3n) is 7.74. The number of imide groups is 1. The lowest BCUT2D eigenvalue weighted by Gasteiger charge is -2.49. The predicted molar refractivity (Wildman–Crippen MR) is 116 cm³/mol. The van der Waals surface area contributed by atoms with Crippen molar-refractivity contribution in [3.63, 3.8) is 0 Å². The fourth-order valence-electron chi connectivity index (χ4n) is 6.03. The molecule has 0 bridgehead atoms. The molecule has 12 heteroatoms. The smallest absolute Gasteiger partial charge is 0.231 e. The Hall–Kier alpha value is -2.86. The molecule has 5 aliphatic rings. The van der Waals surface area contributed by atoms with E-state index in [9.17, 15) is 24.6 Å². The molecule has 0 unspecified atom stereocenters. The normalized spacial score (nSPS) is 35.6. The number of amides is 3. The van der Waals surface area contributed by atoms with Gasteiger partial charge in [-0.15, -0.1) is 0 Å². The molecule has 4 atom stereocenters. The van der Waals surface area contributed by atoms with Crippen LogP contribution in [0.25, 0.3) is 0 Å². The number of nitrogens with two attached hydrogens (primary N) is 1. The highest BCUT2D eigenvalue weighted by Gasteiger charge is 2.73. The Labute approximate surface area is 191 Å². The van der Waals surface area contributed by atoms with Gasteiger partial charge in [-0.2, -0.15) is 0 Å². The second-order valence-corrected chi connectivity index (χ2v) is 9.68. The predicted octanol–water partition coefficient (Wildman–Crippen LogP) is -2.38. The number of rotatable bonds is 4. The molecule has 7 N–H and O–H groups in total. The molecule has 4 fully saturated rings. The minimum absolute atomic E-state index is 0.0214. The molecule has 1 spiro atoms. The SMILES string of the molecule is C=C1N[C@H]2[C@H](CN3C(=O)CCC3=O)N=C(N)N3C[C@H](NC(=O)C4CCCCC4)C(O)(O)[C@]23N1. The zero-order chi connectivity index (χ0) is 23.5. The maximum atomic E-state index is 12.9. The third-order valence-corrected chi connectivity index (χ3v) is 7.74. The summed E-state index contributed by atoms with van der Waals surface area (Å²) in [6.07, 6.45) is 4.90. The van der Waals surface area contributed by atoms with Gasteiger partial charge in [0, 0.05) is 25.3 Å². The number of hydrogen-bond acceptors (Lipinski definition) is 10. The average molecular weight is 462 g/mol. The highest BCUT2D eigenvalue weighted by molar-refractivity contribution is 6.02. The van der Waals surface area contributed by atoms with Gasteiger partial charge >= 0.3 is 0 Å². The van der Waals surface area contributed by atoms with Crippen molar-refractivity contribution in [2.75, 3.05) is 13.1 Å². The van der Waals surface area contributed by atoms with E-state index >= 15 is 0 Å². The number of carbonyl (C=O) groups excluding carboxylic acids is 3. The summed E-state index contributed by atoms with van der Waals surface area (Å²) in [6, 6.07) is -2.56. The molecule has 180 valence electrons. The van der Waals surface area contributed by atoms with Crippen molar-refractivity contribution in [2.45, 2.75) is 74.5 Å². The molecular formula is C21H31N7O5. The first-order valence-electron chi connectivity index (χ1n) is 11.6. The van der Waals surface area contributed by atoms with E-state index in [4.69, 9.17) is 5.73 Å². The summed E-state index contributed by atoms with van der Waals surface area (Å²) < 4.78 is 0. The lowest BCUT2D eigenvalue weighted by molar-refractivity contribution is -0.232. The Morgan fingerprint density at radius 3 is 2.55 bits per heavy atom. The van der Waals surface area contributed by atoms with Crippen LogP contribution in [0.3, 0.4) is 0 Å². The molecule has 4 aliphatic heterocycles. The quantitative estimate of drug-likeness (QED) is 0.197. The Balaban J connectivity index is 1.44. The summed E-state index contributed by atoms with van der Waals surface area (Å²) in [5.41, 5.74) is 4.68. The largest absolute Gasteiger partial charge is 0.370 e. The standard InChI is InChI=1S/C21H31N7O5/c1-11-23-17-13(9-27-15(29)7-8-16(27)30)24-19(22)28-10-14(21(32,33)20(17,28)26-11)25-18(31)12-5-3-2-4-6-12/h12-14,17,23,26,32-33H,1-10H2,(H2,22,24)(H,25,31)/t13-,14-,17-,20-/m0/s1. The number of likely N-dealkylation sites (tertiary alicyclic amines) is 1. The minimum atomic E-state index is -2.45. The summed E-state index contributed by atoms with van der Waals surface area (Å²) in [7, 11) is 0. The van der Waals surface area contributed by atoms with Crippen LogP contribution in [0, 0.1) is 5.92 Å². The molecule has 0 aromatic rings. The van der Waals surface area contributed by atoms with Crippen molar-refractivity contribution in [3.8, 4) is 0 Å². The van der Waals surface area contributed by atoms with Crippen LogP contribution >= 0.6 is 0 Å². The molecule has 3 amide bonds. The van der Waals surface area contributed by atoms with Crippen molar-refractivity contribution in [1.82, 2.24) is 25.8 Å². The average Bonchev–Trinajstić information content (AvgIpc) is 3.37. The van der Waals surface area contributed by atoms with Gasteiger partial charge in [-0.05, 0) is 12.8 Å². The van der Waals surface area contributed by atoms with Crippen LogP contribution in [0.15, 0.2) is 17.4 Å². The first-order valence-corrected chi connectivity index (χ1v) is 11.6. The van der Waals surface area contributed by atoms with Crippen LogP contribution in [-0.4, -0.2) is 86.4 Å². The first-order chi connectivity index (χ1) is 15.6. The summed E-state index contributed by atoms with van der Waals surface area (Å²) in [5.74, 6) is -3.04. The van der Waals surface area contributed by atoms with Crippen molar-refractivity contribution < 1.29 is 24.6 Å². The van der Waals surface area contributed by atoms with Gasteiger partial charge < -0.3 is 36.8 Å². The Morgan fingerprint density at radius 2 is 1.88 bits per heavy atom. The molecule has 0 aromatic carbocycles. The molecule has 3 saturated heterocycles. The van der Waals surface area contributed by atoms with E-state index in [0.29, 0.717) is 5.82 Å². The van der Waals surface area contributed by atoms with Crippen molar-refractivity contribution in [1.29, 1.82) is 0 Å². The number of nitrogens with zero attached hydrogens (tertiary/aromatic N) is 3. The Kier molecular flexibility index (Phi) is 5.05. The van der Waals surface area contributed by atoms with Crippen LogP contribution in [0.2, 0.25) is 0 Å². The molecule has 1 aliphatic carbocycles. The van der Waals surface area contributed by atoms with E-state index < -0.39 is 29.6 Å². The van der Waals surface area contributed by atoms with Crippen LogP contribution in [0.4, 0.5) is 0 Å². The number of aliphatic hydroxyl groups is 2. The monoisotopic (exact) mass is 461 g/mol. The molecule has 5 rings (SSSR count). The fourth-order valence-corrected chi connectivity index (χ4v) is 6.03. The Bertz CT molecular complexity index is 914. The van der Waals surface area contributed by atoms with E-state index in [2.05, 4.69) is 27.5 Å². The maximum Gasteiger partial charge on any atom is 0.231 e. The van der Waals surface area contributed by atoms with Gasteiger partial charge in [0.05, 0.1) is 24.4 Å². The lowest BCUT2D eigenvalue weighted by Crippen LogP contribution is -2.78. The molecule has 33 heavy (non-hydrogen) atoms. The van der Waals surface area contributed by atoms with E-state index in [0.717, 1.165) is 37.0 Å². The van der Waals surface area contributed by atoms with Gasteiger partial charge in [0.25, 0.3) is 0 Å². The fraction of sp³-hybridized carbons (Fsp3) is 0.714.